The molecule has 1 N–H and O–H groups in total. The first kappa shape index (κ1) is 28.0. The van der Waals surface area contributed by atoms with Gasteiger partial charge in [0.05, 0.1) is 18.4 Å². The minimum Gasteiger partial charge on any atom is -0.481 e. The molecule has 0 spiro atoms. The van der Waals surface area contributed by atoms with E-state index in [9.17, 15) is 14.7 Å². The van der Waals surface area contributed by atoms with E-state index < -0.39 is 17.8 Å². The molecule has 0 saturated heterocycles. The molecule has 31 heavy (non-hydrogen) atoms. The minimum atomic E-state index is -0.817. The lowest BCUT2D eigenvalue weighted by atomic mass is 9.77. The molecule has 0 radical (unpaired) electrons. The first-order chi connectivity index (χ1) is 15.1. The summed E-state index contributed by atoms with van der Waals surface area (Å²) in [6, 6.07) is 0. The van der Waals surface area contributed by atoms with Crippen LogP contribution in [0.4, 0.5) is 0 Å². The molecule has 2 atom stereocenters. The maximum absolute atomic E-state index is 12.6. The number of hydrogen-bond donors (Lipinski definition) is 1. The molecule has 1 aliphatic rings. The number of carboxylic acids is 1. The van der Waals surface area contributed by atoms with Gasteiger partial charge in [-0.15, -0.1) is 0 Å². The van der Waals surface area contributed by atoms with Gasteiger partial charge in [0.2, 0.25) is 0 Å². The van der Waals surface area contributed by atoms with Gasteiger partial charge in [0.1, 0.15) is 0 Å². The van der Waals surface area contributed by atoms with Crippen LogP contribution in [0, 0.1) is 17.8 Å². The lowest BCUT2D eigenvalue weighted by molar-refractivity contribution is -0.158. The Labute approximate surface area is 191 Å². The highest BCUT2D eigenvalue weighted by molar-refractivity contribution is 5.81. The van der Waals surface area contributed by atoms with E-state index in [0.29, 0.717) is 25.4 Å². The van der Waals surface area contributed by atoms with E-state index in [0.717, 1.165) is 25.7 Å². The van der Waals surface area contributed by atoms with Gasteiger partial charge in [-0.25, -0.2) is 0 Å². The highest BCUT2D eigenvalue weighted by atomic mass is 16.5. The zero-order valence-electron chi connectivity index (χ0n) is 20.5. The molecule has 182 valence electrons. The molecule has 1 saturated carbocycles. The van der Waals surface area contributed by atoms with Crippen LogP contribution in [-0.4, -0.2) is 23.7 Å². The summed E-state index contributed by atoms with van der Waals surface area (Å²) in [7, 11) is 0. The van der Waals surface area contributed by atoms with Crippen LogP contribution in [0.3, 0.4) is 0 Å². The fourth-order valence-electron chi connectivity index (χ4n) is 5.16. The van der Waals surface area contributed by atoms with Crippen LogP contribution in [0.25, 0.3) is 0 Å². The van der Waals surface area contributed by atoms with E-state index in [2.05, 4.69) is 6.92 Å². The van der Waals surface area contributed by atoms with Crippen molar-refractivity contribution in [2.24, 2.45) is 17.8 Å². The van der Waals surface area contributed by atoms with Crippen molar-refractivity contribution >= 4 is 11.9 Å². The molecular formula is C27H50O4. The Kier molecular flexibility index (Phi) is 16.7. The number of carboxylic acid groups (broad SMARTS) is 1. The number of aliphatic carboxylic acids is 1. The van der Waals surface area contributed by atoms with E-state index in [1.165, 1.54) is 83.5 Å². The standard InChI is InChI=1S/C27H50O4/c1-3-5-6-7-8-9-10-11-12-13-14-18-21-24(27(30)31-4-2)25(26(28)29)22-23-19-16-15-17-20-23/h23-25H,3-22H2,1-2H3,(H,28,29). The Hall–Kier alpha value is -1.06. The van der Waals surface area contributed by atoms with Gasteiger partial charge in [-0.2, -0.15) is 0 Å². The zero-order valence-corrected chi connectivity index (χ0v) is 20.5. The second-order valence-electron chi connectivity index (χ2n) is 9.72. The van der Waals surface area contributed by atoms with Crippen LogP contribution in [0.1, 0.15) is 136 Å². The Bertz CT molecular complexity index is 456. The SMILES string of the molecule is CCCCCCCCCCCCCCC(C(=O)OCC)C(CC1CCCCC1)C(=O)O. The predicted octanol–water partition coefficient (Wildman–Crippen LogP) is 7.93. The highest BCUT2D eigenvalue weighted by Gasteiger charge is 2.36. The summed E-state index contributed by atoms with van der Waals surface area (Å²) in [5, 5.41) is 9.87. The van der Waals surface area contributed by atoms with Crippen molar-refractivity contribution in [3.8, 4) is 0 Å². The molecule has 0 aromatic heterocycles. The average Bonchev–Trinajstić information content (AvgIpc) is 2.76. The Morgan fingerprint density at radius 2 is 1.29 bits per heavy atom. The van der Waals surface area contributed by atoms with Crippen molar-refractivity contribution in [3.63, 3.8) is 0 Å². The summed E-state index contributed by atoms with van der Waals surface area (Å²) in [5.74, 6) is -1.73. The number of hydrogen-bond acceptors (Lipinski definition) is 3. The van der Waals surface area contributed by atoms with Crippen LogP contribution < -0.4 is 0 Å². The number of unbranched alkanes of at least 4 members (excludes halogenated alkanes) is 11. The summed E-state index contributed by atoms with van der Waals surface area (Å²) < 4.78 is 5.28. The molecule has 2 unspecified atom stereocenters. The number of carbonyl (C=O) groups is 2. The van der Waals surface area contributed by atoms with Crippen LogP contribution in [-0.2, 0) is 14.3 Å². The van der Waals surface area contributed by atoms with Crippen molar-refractivity contribution in [1.29, 1.82) is 0 Å². The van der Waals surface area contributed by atoms with Gasteiger partial charge >= 0.3 is 11.9 Å². The number of carbonyl (C=O) groups excluding carboxylic acids is 1. The van der Waals surface area contributed by atoms with Gasteiger partial charge in [-0.3, -0.25) is 9.59 Å². The zero-order chi connectivity index (χ0) is 22.7. The van der Waals surface area contributed by atoms with Gasteiger partial charge in [0, 0.05) is 0 Å². The van der Waals surface area contributed by atoms with Gasteiger partial charge in [-0.05, 0) is 25.7 Å². The molecule has 4 nitrogen and oxygen atoms in total. The summed E-state index contributed by atoms with van der Waals surface area (Å²) in [4.78, 5) is 24.6. The number of esters is 1. The number of rotatable bonds is 19. The van der Waals surface area contributed by atoms with E-state index in [4.69, 9.17) is 4.74 Å². The monoisotopic (exact) mass is 438 g/mol. The normalized spacial score (nSPS) is 16.7. The van der Waals surface area contributed by atoms with E-state index in [1.807, 2.05) is 0 Å². The van der Waals surface area contributed by atoms with Gasteiger partial charge in [0.25, 0.3) is 0 Å². The third-order valence-corrected chi connectivity index (χ3v) is 7.07. The van der Waals surface area contributed by atoms with Crippen LogP contribution in [0.15, 0.2) is 0 Å². The number of ether oxygens (including phenoxy) is 1. The lowest BCUT2D eigenvalue weighted by Gasteiger charge is -2.28. The molecule has 1 fully saturated rings. The fraction of sp³-hybridized carbons (Fsp3) is 0.926. The van der Waals surface area contributed by atoms with Gasteiger partial charge < -0.3 is 9.84 Å². The van der Waals surface area contributed by atoms with Crippen molar-refractivity contribution in [2.45, 2.75) is 136 Å². The molecule has 0 heterocycles. The quantitative estimate of drug-likeness (QED) is 0.164. The molecule has 0 aromatic carbocycles. The molecule has 0 bridgehead atoms. The molecule has 0 aromatic rings. The first-order valence-corrected chi connectivity index (χ1v) is 13.5. The van der Waals surface area contributed by atoms with E-state index >= 15 is 0 Å². The molecule has 1 aliphatic carbocycles. The lowest BCUT2D eigenvalue weighted by Crippen LogP contribution is -2.33. The third kappa shape index (κ3) is 13.2. The summed E-state index contributed by atoms with van der Waals surface area (Å²) >= 11 is 0. The van der Waals surface area contributed by atoms with Crippen LogP contribution in [0.2, 0.25) is 0 Å². The second kappa shape index (κ2) is 18.5. The molecular weight excluding hydrogens is 388 g/mol. The Balaban J connectivity index is 2.31. The maximum atomic E-state index is 12.6. The van der Waals surface area contributed by atoms with Gasteiger partial charge in [0.15, 0.2) is 0 Å². The van der Waals surface area contributed by atoms with Crippen LogP contribution >= 0.6 is 0 Å². The maximum Gasteiger partial charge on any atom is 0.309 e. The van der Waals surface area contributed by atoms with E-state index in [1.54, 1.807) is 6.92 Å². The van der Waals surface area contributed by atoms with Gasteiger partial charge in [-0.1, -0.05) is 116 Å². The first-order valence-electron chi connectivity index (χ1n) is 13.5. The van der Waals surface area contributed by atoms with Crippen LogP contribution in [0.5, 0.6) is 0 Å². The van der Waals surface area contributed by atoms with E-state index in [-0.39, 0.29) is 5.97 Å². The molecule has 4 heteroatoms. The predicted molar refractivity (Wildman–Crippen MR) is 128 cm³/mol. The summed E-state index contributed by atoms with van der Waals surface area (Å²) in [5.41, 5.74) is 0. The van der Waals surface area contributed by atoms with Crippen molar-refractivity contribution < 1.29 is 19.4 Å². The molecule has 0 aliphatic heterocycles. The van der Waals surface area contributed by atoms with Crippen molar-refractivity contribution in [2.75, 3.05) is 6.61 Å². The summed E-state index contributed by atoms with van der Waals surface area (Å²) in [6.07, 6.45) is 22.4. The fourth-order valence-corrected chi connectivity index (χ4v) is 5.16. The largest absolute Gasteiger partial charge is 0.481 e. The summed E-state index contributed by atoms with van der Waals surface area (Å²) in [6.45, 7) is 4.38. The highest BCUT2D eigenvalue weighted by Crippen LogP contribution is 2.34. The van der Waals surface area contributed by atoms with Crippen molar-refractivity contribution in [3.05, 3.63) is 0 Å². The Morgan fingerprint density at radius 3 is 1.77 bits per heavy atom. The molecule has 1 rings (SSSR count). The average molecular weight is 439 g/mol. The molecule has 0 amide bonds. The Morgan fingerprint density at radius 1 is 0.774 bits per heavy atom. The minimum absolute atomic E-state index is 0.297. The third-order valence-electron chi connectivity index (χ3n) is 7.07. The van der Waals surface area contributed by atoms with Crippen molar-refractivity contribution in [1.82, 2.24) is 0 Å². The second-order valence-corrected chi connectivity index (χ2v) is 9.72. The topological polar surface area (TPSA) is 63.6 Å². The smallest absolute Gasteiger partial charge is 0.309 e.